The highest BCUT2D eigenvalue weighted by Crippen LogP contribution is 2.34. The quantitative estimate of drug-likeness (QED) is 0.693. The van der Waals surface area contributed by atoms with Crippen LogP contribution in [-0.2, 0) is 21.2 Å². The smallest absolute Gasteiger partial charge is 0.243 e. The zero-order chi connectivity index (χ0) is 19.8. The molecule has 0 saturated heterocycles. The first-order valence-electron chi connectivity index (χ1n) is 8.60. The van der Waals surface area contributed by atoms with E-state index in [1.165, 1.54) is 12.1 Å². The van der Waals surface area contributed by atoms with Crippen LogP contribution >= 0.6 is 15.9 Å². The molecule has 0 saturated carbocycles. The number of amides is 1. The maximum absolute atomic E-state index is 13.1. The Bertz CT molecular complexity index is 963. The van der Waals surface area contributed by atoms with Gasteiger partial charge in [0.05, 0.1) is 11.4 Å². The number of halogens is 2. The van der Waals surface area contributed by atoms with Crippen LogP contribution in [0.5, 0.6) is 0 Å². The van der Waals surface area contributed by atoms with Gasteiger partial charge in [0.1, 0.15) is 5.82 Å². The molecular weight excluding hydrogens is 435 g/mol. The summed E-state index contributed by atoms with van der Waals surface area (Å²) in [5.74, 6) is -0.794. The van der Waals surface area contributed by atoms with Crippen LogP contribution in [0.2, 0.25) is 0 Å². The first-order valence-corrected chi connectivity index (χ1v) is 10.8. The summed E-state index contributed by atoms with van der Waals surface area (Å²) in [5.41, 5.74) is 1.86. The van der Waals surface area contributed by atoms with Gasteiger partial charge in [-0.25, -0.2) is 12.8 Å². The number of benzene rings is 2. The number of carbonyl (C=O) groups is 1. The molecule has 1 heterocycles. The topological polar surface area (TPSA) is 57.7 Å². The summed E-state index contributed by atoms with van der Waals surface area (Å²) in [7, 11) is -3.88. The summed E-state index contributed by atoms with van der Waals surface area (Å²) < 4.78 is 40.8. The summed E-state index contributed by atoms with van der Waals surface area (Å²) in [4.78, 5) is 14.6. The molecule has 0 aromatic heterocycles. The van der Waals surface area contributed by atoms with Crippen molar-refractivity contribution in [3.63, 3.8) is 0 Å². The van der Waals surface area contributed by atoms with E-state index in [4.69, 9.17) is 0 Å². The molecule has 0 unspecified atom stereocenters. The highest BCUT2D eigenvalue weighted by atomic mass is 79.9. The standard InChI is InChI=1S/C19H20BrFN2O3S/c1-3-22(27(25,26)17-7-5-16(21)6-8-17)12-19(24)23-13(2)10-14-11-15(20)4-9-18(14)23/h4-9,11,13H,3,10,12H2,1-2H3/t13-/m0/s1. The van der Waals surface area contributed by atoms with E-state index in [1.54, 1.807) is 11.8 Å². The summed E-state index contributed by atoms with van der Waals surface area (Å²) in [5, 5.41) is 0. The molecule has 5 nitrogen and oxygen atoms in total. The molecule has 0 N–H and O–H groups in total. The van der Waals surface area contributed by atoms with Gasteiger partial charge in [-0.05, 0) is 61.4 Å². The number of hydrogen-bond acceptors (Lipinski definition) is 3. The minimum absolute atomic E-state index is 0.0302. The van der Waals surface area contributed by atoms with Crippen molar-refractivity contribution in [1.82, 2.24) is 4.31 Å². The molecule has 144 valence electrons. The Morgan fingerprint density at radius 1 is 1.26 bits per heavy atom. The van der Waals surface area contributed by atoms with Crippen LogP contribution in [0.4, 0.5) is 10.1 Å². The van der Waals surface area contributed by atoms with Gasteiger partial charge in [0, 0.05) is 22.7 Å². The fourth-order valence-corrected chi connectivity index (χ4v) is 5.14. The molecule has 0 radical (unpaired) electrons. The molecule has 0 spiro atoms. The minimum atomic E-state index is -3.88. The van der Waals surface area contributed by atoms with Crippen LogP contribution in [0.15, 0.2) is 51.8 Å². The van der Waals surface area contributed by atoms with Gasteiger partial charge in [-0.3, -0.25) is 4.79 Å². The molecule has 1 amide bonds. The molecule has 0 bridgehead atoms. The fourth-order valence-electron chi connectivity index (χ4n) is 3.33. The molecule has 2 aromatic rings. The van der Waals surface area contributed by atoms with Gasteiger partial charge in [-0.2, -0.15) is 4.31 Å². The maximum Gasteiger partial charge on any atom is 0.243 e. The SMILES string of the molecule is CCN(CC(=O)N1c2ccc(Br)cc2C[C@@H]1C)S(=O)(=O)c1ccc(F)cc1. The molecule has 1 aliphatic rings. The molecule has 8 heteroatoms. The van der Waals surface area contributed by atoms with Crippen molar-refractivity contribution in [2.24, 2.45) is 0 Å². The lowest BCUT2D eigenvalue weighted by molar-refractivity contribution is -0.119. The predicted octanol–water partition coefficient (Wildman–Crippen LogP) is 3.58. The largest absolute Gasteiger partial charge is 0.308 e. The number of carbonyl (C=O) groups excluding carboxylic acids is 1. The third kappa shape index (κ3) is 3.93. The zero-order valence-electron chi connectivity index (χ0n) is 15.0. The van der Waals surface area contributed by atoms with Crippen LogP contribution in [-0.4, -0.2) is 37.8 Å². The van der Waals surface area contributed by atoms with Crippen LogP contribution < -0.4 is 4.90 Å². The van der Waals surface area contributed by atoms with Crippen LogP contribution in [0.1, 0.15) is 19.4 Å². The van der Waals surface area contributed by atoms with E-state index >= 15 is 0 Å². The van der Waals surface area contributed by atoms with Crippen molar-refractivity contribution in [2.75, 3.05) is 18.0 Å². The average Bonchev–Trinajstić information content (AvgIpc) is 2.94. The monoisotopic (exact) mass is 454 g/mol. The third-order valence-corrected chi connectivity index (χ3v) is 7.07. The first-order chi connectivity index (χ1) is 12.7. The maximum atomic E-state index is 13.1. The number of likely N-dealkylation sites (N-methyl/N-ethyl adjacent to an activating group) is 1. The Morgan fingerprint density at radius 3 is 2.56 bits per heavy atom. The Labute approximate surface area is 167 Å². The first kappa shape index (κ1) is 20.0. The Morgan fingerprint density at radius 2 is 1.93 bits per heavy atom. The predicted molar refractivity (Wildman–Crippen MR) is 106 cm³/mol. The number of fused-ring (bicyclic) bond motifs is 1. The van der Waals surface area contributed by atoms with E-state index in [0.29, 0.717) is 0 Å². The van der Waals surface area contributed by atoms with Gasteiger partial charge in [0.15, 0.2) is 0 Å². The second-order valence-electron chi connectivity index (χ2n) is 6.48. The van der Waals surface area contributed by atoms with Gasteiger partial charge in [0.25, 0.3) is 0 Å². The normalized spacial score (nSPS) is 16.6. The average molecular weight is 455 g/mol. The number of sulfonamides is 1. The molecular formula is C19H20BrFN2O3S. The van der Waals surface area contributed by atoms with E-state index in [2.05, 4.69) is 15.9 Å². The molecule has 27 heavy (non-hydrogen) atoms. The Kier molecular flexibility index (Phi) is 5.69. The van der Waals surface area contributed by atoms with Crippen molar-refractivity contribution < 1.29 is 17.6 Å². The summed E-state index contributed by atoms with van der Waals surface area (Å²) in [6.07, 6.45) is 0.720. The lowest BCUT2D eigenvalue weighted by atomic mass is 10.1. The van der Waals surface area contributed by atoms with Gasteiger partial charge in [-0.1, -0.05) is 22.9 Å². The molecule has 1 atom stereocenters. The van der Waals surface area contributed by atoms with Gasteiger partial charge >= 0.3 is 0 Å². The second kappa shape index (κ2) is 7.69. The lowest BCUT2D eigenvalue weighted by Gasteiger charge is -2.27. The molecule has 0 aliphatic carbocycles. The summed E-state index contributed by atoms with van der Waals surface area (Å²) in [6, 6.07) is 10.3. The van der Waals surface area contributed by atoms with E-state index in [-0.39, 0.29) is 29.9 Å². The van der Waals surface area contributed by atoms with Crippen molar-refractivity contribution >= 4 is 37.5 Å². The molecule has 0 fully saturated rings. The number of rotatable bonds is 5. The highest BCUT2D eigenvalue weighted by molar-refractivity contribution is 9.10. The number of nitrogens with zero attached hydrogens (tertiary/aromatic N) is 2. The van der Waals surface area contributed by atoms with Crippen molar-refractivity contribution in [1.29, 1.82) is 0 Å². The Balaban J connectivity index is 1.85. The minimum Gasteiger partial charge on any atom is -0.308 e. The van der Waals surface area contributed by atoms with E-state index in [9.17, 15) is 17.6 Å². The third-order valence-electron chi connectivity index (χ3n) is 4.64. The van der Waals surface area contributed by atoms with E-state index in [0.717, 1.165) is 38.6 Å². The fraction of sp³-hybridized carbons (Fsp3) is 0.316. The van der Waals surface area contributed by atoms with Gasteiger partial charge in [0.2, 0.25) is 15.9 Å². The zero-order valence-corrected chi connectivity index (χ0v) is 17.4. The molecule has 3 rings (SSSR count). The van der Waals surface area contributed by atoms with Crippen LogP contribution in [0, 0.1) is 5.82 Å². The second-order valence-corrected chi connectivity index (χ2v) is 9.33. The molecule has 1 aliphatic heterocycles. The van der Waals surface area contributed by atoms with Crippen molar-refractivity contribution in [3.05, 3.63) is 58.3 Å². The number of hydrogen-bond donors (Lipinski definition) is 0. The highest BCUT2D eigenvalue weighted by Gasteiger charge is 2.34. The van der Waals surface area contributed by atoms with Crippen molar-refractivity contribution in [3.8, 4) is 0 Å². The summed E-state index contributed by atoms with van der Waals surface area (Å²) in [6.45, 7) is 3.49. The van der Waals surface area contributed by atoms with Crippen molar-refractivity contribution in [2.45, 2.75) is 31.2 Å². The van der Waals surface area contributed by atoms with Crippen LogP contribution in [0.25, 0.3) is 0 Å². The Hall–Kier alpha value is -1.77. The lowest BCUT2D eigenvalue weighted by Crippen LogP contribution is -2.45. The summed E-state index contributed by atoms with van der Waals surface area (Å²) >= 11 is 3.43. The van der Waals surface area contributed by atoms with E-state index < -0.39 is 15.8 Å². The van der Waals surface area contributed by atoms with E-state index in [1.807, 2.05) is 25.1 Å². The molecule has 2 aromatic carbocycles. The van der Waals surface area contributed by atoms with Gasteiger partial charge < -0.3 is 4.90 Å². The van der Waals surface area contributed by atoms with Crippen LogP contribution in [0.3, 0.4) is 0 Å². The number of anilines is 1. The van der Waals surface area contributed by atoms with Gasteiger partial charge in [-0.15, -0.1) is 0 Å².